The van der Waals surface area contributed by atoms with Crippen molar-refractivity contribution in [2.75, 3.05) is 25.3 Å². The van der Waals surface area contributed by atoms with Crippen LogP contribution in [-0.2, 0) is 4.79 Å². The van der Waals surface area contributed by atoms with Crippen molar-refractivity contribution in [2.24, 2.45) is 0 Å². The normalized spacial score (nSPS) is 10.1. The Balaban J connectivity index is 1.74. The predicted molar refractivity (Wildman–Crippen MR) is 113 cm³/mol. The van der Waals surface area contributed by atoms with Crippen LogP contribution in [0.1, 0.15) is 5.56 Å². The zero-order valence-corrected chi connectivity index (χ0v) is 16.8. The van der Waals surface area contributed by atoms with Crippen molar-refractivity contribution in [1.29, 1.82) is 5.26 Å². The lowest BCUT2D eigenvalue weighted by molar-refractivity contribution is -0.113. The van der Waals surface area contributed by atoms with Crippen molar-refractivity contribution < 1.29 is 14.3 Å². The SMILES string of the molecule is COc1ccc(-c2ccc(C#N)c(SCC(=O)Nc3ccccc3OC)n2)cc1. The zero-order valence-electron chi connectivity index (χ0n) is 16.0. The van der Waals surface area contributed by atoms with Crippen molar-refractivity contribution in [3.8, 4) is 28.8 Å². The first-order valence-corrected chi connectivity index (χ1v) is 9.74. The molecule has 0 saturated carbocycles. The Bertz CT molecular complexity index is 1050. The molecule has 146 valence electrons. The third-order valence-corrected chi connectivity index (χ3v) is 5.08. The Labute approximate surface area is 173 Å². The number of amides is 1. The molecule has 0 aliphatic rings. The molecular weight excluding hydrogens is 386 g/mol. The summed E-state index contributed by atoms with van der Waals surface area (Å²) >= 11 is 1.22. The number of nitrogens with zero attached hydrogens (tertiary/aromatic N) is 2. The van der Waals surface area contributed by atoms with E-state index in [1.165, 1.54) is 11.8 Å². The average Bonchev–Trinajstić information content (AvgIpc) is 2.78. The number of para-hydroxylation sites is 2. The predicted octanol–water partition coefficient (Wildman–Crippen LogP) is 4.37. The standard InChI is InChI=1S/C22H19N3O3S/c1-27-17-10-7-15(8-11-17)18-12-9-16(13-23)22(25-18)29-14-21(26)24-19-5-3-4-6-20(19)28-2/h3-12H,14H2,1-2H3,(H,24,26). The number of carbonyl (C=O) groups is 1. The maximum atomic E-state index is 12.4. The Morgan fingerprint density at radius 1 is 1.07 bits per heavy atom. The fraction of sp³-hybridized carbons (Fsp3) is 0.136. The van der Waals surface area contributed by atoms with Crippen LogP contribution < -0.4 is 14.8 Å². The number of benzene rings is 2. The van der Waals surface area contributed by atoms with Crippen LogP contribution in [-0.4, -0.2) is 30.9 Å². The highest BCUT2D eigenvalue weighted by molar-refractivity contribution is 8.00. The minimum Gasteiger partial charge on any atom is -0.497 e. The van der Waals surface area contributed by atoms with Crippen LogP contribution in [0.2, 0.25) is 0 Å². The fourth-order valence-electron chi connectivity index (χ4n) is 2.63. The highest BCUT2D eigenvalue weighted by Crippen LogP contribution is 2.27. The lowest BCUT2D eigenvalue weighted by Gasteiger charge is -2.10. The van der Waals surface area contributed by atoms with Gasteiger partial charge in [-0.3, -0.25) is 4.79 Å². The molecule has 0 radical (unpaired) electrons. The lowest BCUT2D eigenvalue weighted by atomic mass is 10.1. The molecule has 1 heterocycles. The number of ether oxygens (including phenoxy) is 2. The molecular formula is C22H19N3O3S. The van der Waals surface area contributed by atoms with E-state index < -0.39 is 0 Å². The Hall–Kier alpha value is -3.50. The lowest BCUT2D eigenvalue weighted by Crippen LogP contribution is -2.15. The summed E-state index contributed by atoms with van der Waals surface area (Å²) in [5.74, 6) is 1.25. The van der Waals surface area contributed by atoms with Crippen LogP contribution in [0, 0.1) is 11.3 Å². The van der Waals surface area contributed by atoms with E-state index in [1.807, 2.05) is 36.4 Å². The number of carbonyl (C=O) groups excluding carboxylic acids is 1. The summed E-state index contributed by atoms with van der Waals surface area (Å²) in [4.78, 5) is 16.9. The minimum absolute atomic E-state index is 0.117. The summed E-state index contributed by atoms with van der Waals surface area (Å²) in [6, 6.07) is 20.3. The number of rotatable bonds is 7. The first kappa shape index (κ1) is 20.2. The molecule has 0 atom stereocenters. The number of pyridine rings is 1. The van der Waals surface area contributed by atoms with Gasteiger partial charge in [0.1, 0.15) is 22.6 Å². The smallest absolute Gasteiger partial charge is 0.234 e. The second-order valence-electron chi connectivity index (χ2n) is 5.93. The molecule has 1 amide bonds. The van der Waals surface area contributed by atoms with Crippen molar-refractivity contribution in [3.63, 3.8) is 0 Å². The number of anilines is 1. The quantitative estimate of drug-likeness (QED) is 0.588. The van der Waals surface area contributed by atoms with Crippen LogP contribution >= 0.6 is 11.8 Å². The molecule has 3 rings (SSSR count). The Morgan fingerprint density at radius 3 is 2.52 bits per heavy atom. The minimum atomic E-state index is -0.208. The molecule has 0 aliphatic heterocycles. The highest BCUT2D eigenvalue weighted by atomic mass is 32.2. The number of methoxy groups -OCH3 is 2. The molecule has 1 N–H and O–H groups in total. The van der Waals surface area contributed by atoms with Crippen molar-refractivity contribution >= 4 is 23.4 Å². The van der Waals surface area contributed by atoms with E-state index in [0.29, 0.717) is 22.0 Å². The summed E-state index contributed by atoms with van der Waals surface area (Å²) in [5, 5.41) is 12.7. The van der Waals surface area contributed by atoms with E-state index in [2.05, 4.69) is 16.4 Å². The molecule has 0 spiro atoms. The number of aromatic nitrogens is 1. The van der Waals surface area contributed by atoms with Crippen LogP contribution in [0.25, 0.3) is 11.3 Å². The highest BCUT2D eigenvalue weighted by Gasteiger charge is 2.12. The summed E-state index contributed by atoms with van der Waals surface area (Å²) in [7, 11) is 3.16. The largest absolute Gasteiger partial charge is 0.497 e. The van der Waals surface area contributed by atoms with Gasteiger partial charge in [-0.2, -0.15) is 5.26 Å². The number of nitriles is 1. The Morgan fingerprint density at radius 2 is 1.83 bits per heavy atom. The summed E-state index contributed by atoms with van der Waals surface area (Å²) < 4.78 is 10.4. The van der Waals surface area contributed by atoms with Crippen LogP contribution in [0.5, 0.6) is 11.5 Å². The summed E-state index contributed by atoms with van der Waals surface area (Å²) in [6.07, 6.45) is 0. The monoisotopic (exact) mass is 405 g/mol. The summed E-state index contributed by atoms with van der Waals surface area (Å²) in [6.45, 7) is 0. The maximum absolute atomic E-state index is 12.4. The second kappa shape index (κ2) is 9.62. The number of nitrogens with one attached hydrogen (secondary N) is 1. The first-order valence-electron chi connectivity index (χ1n) is 8.76. The van der Waals surface area contributed by atoms with E-state index in [-0.39, 0.29) is 11.7 Å². The topological polar surface area (TPSA) is 84.2 Å². The molecule has 0 fully saturated rings. The van der Waals surface area contributed by atoms with Gasteiger partial charge < -0.3 is 14.8 Å². The van der Waals surface area contributed by atoms with E-state index in [9.17, 15) is 10.1 Å². The molecule has 3 aromatic rings. The second-order valence-corrected chi connectivity index (χ2v) is 6.89. The molecule has 29 heavy (non-hydrogen) atoms. The molecule has 0 aliphatic carbocycles. The third-order valence-electron chi connectivity index (χ3n) is 4.09. The van der Waals surface area contributed by atoms with E-state index in [1.54, 1.807) is 38.5 Å². The molecule has 2 aromatic carbocycles. The van der Waals surface area contributed by atoms with Gasteiger partial charge in [-0.05, 0) is 48.5 Å². The number of thioether (sulfide) groups is 1. The molecule has 0 bridgehead atoms. The van der Waals surface area contributed by atoms with E-state index in [0.717, 1.165) is 17.0 Å². The van der Waals surface area contributed by atoms with Gasteiger partial charge in [-0.1, -0.05) is 23.9 Å². The summed E-state index contributed by atoms with van der Waals surface area (Å²) in [5.41, 5.74) is 2.65. The van der Waals surface area contributed by atoms with Gasteiger partial charge in [0.25, 0.3) is 0 Å². The van der Waals surface area contributed by atoms with Gasteiger partial charge in [0.15, 0.2) is 0 Å². The number of hydrogen-bond acceptors (Lipinski definition) is 6. The van der Waals surface area contributed by atoms with Crippen molar-refractivity contribution in [3.05, 3.63) is 66.2 Å². The first-order chi connectivity index (χ1) is 14.1. The van der Waals surface area contributed by atoms with Gasteiger partial charge in [0, 0.05) is 5.56 Å². The van der Waals surface area contributed by atoms with Crippen molar-refractivity contribution in [2.45, 2.75) is 5.03 Å². The van der Waals surface area contributed by atoms with Gasteiger partial charge in [-0.25, -0.2) is 4.98 Å². The number of hydrogen-bond donors (Lipinski definition) is 1. The molecule has 0 unspecified atom stereocenters. The van der Waals surface area contributed by atoms with Crippen LogP contribution in [0.4, 0.5) is 5.69 Å². The van der Waals surface area contributed by atoms with Crippen molar-refractivity contribution in [1.82, 2.24) is 4.98 Å². The van der Waals surface area contributed by atoms with E-state index in [4.69, 9.17) is 9.47 Å². The molecule has 1 aromatic heterocycles. The fourth-order valence-corrected chi connectivity index (χ4v) is 3.40. The Kier molecular flexibility index (Phi) is 6.72. The average molecular weight is 405 g/mol. The maximum Gasteiger partial charge on any atom is 0.234 e. The third kappa shape index (κ3) is 5.06. The van der Waals surface area contributed by atoms with Crippen LogP contribution in [0.15, 0.2) is 65.7 Å². The van der Waals surface area contributed by atoms with Crippen LogP contribution in [0.3, 0.4) is 0 Å². The van der Waals surface area contributed by atoms with Gasteiger partial charge >= 0.3 is 0 Å². The molecule has 0 saturated heterocycles. The molecule has 6 nitrogen and oxygen atoms in total. The zero-order chi connectivity index (χ0) is 20.6. The van der Waals surface area contributed by atoms with E-state index >= 15 is 0 Å². The van der Waals surface area contributed by atoms with Gasteiger partial charge in [-0.15, -0.1) is 0 Å². The van der Waals surface area contributed by atoms with Gasteiger partial charge in [0.2, 0.25) is 5.91 Å². The van der Waals surface area contributed by atoms with Gasteiger partial charge in [0.05, 0.1) is 36.9 Å². The molecule has 7 heteroatoms.